The summed E-state index contributed by atoms with van der Waals surface area (Å²) < 4.78 is 10.2. The molecule has 106 valence electrons. The standard InChI is InChI=1S/C14H10ClN3O3/c1-8-6-11(18-21-8)17-14(19)12-13(20-7-16-12)9-4-2-3-5-10(9)15/h2-7H,1H3,(H,17,18,19). The highest BCUT2D eigenvalue weighted by Crippen LogP contribution is 2.30. The molecule has 0 spiro atoms. The highest BCUT2D eigenvalue weighted by molar-refractivity contribution is 6.33. The van der Waals surface area contributed by atoms with Crippen LogP contribution >= 0.6 is 11.6 Å². The minimum absolute atomic E-state index is 0.128. The normalized spacial score (nSPS) is 10.6. The Labute approximate surface area is 124 Å². The van der Waals surface area contributed by atoms with E-state index in [-0.39, 0.29) is 5.69 Å². The third kappa shape index (κ3) is 2.66. The van der Waals surface area contributed by atoms with Gasteiger partial charge < -0.3 is 14.3 Å². The molecule has 0 fully saturated rings. The average molecular weight is 304 g/mol. The van der Waals surface area contributed by atoms with E-state index in [2.05, 4.69) is 15.5 Å². The first kappa shape index (κ1) is 13.4. The van der Waals surface area contributed by atoms with Crippen molar-refractivity contribution in [1.29, 1.82) is 0 Å². The quantitative estimate of drug-likeness (QED) is 0.800. The maximum atomic E-state index is 12.2. The largest absolute Gasteiger partial charge is 0.443 e. The van der Waals surface area contributed by atoms with E-state index in [1.807, 2.05) is 0 Å². The Kier molecular flexibility index (Phi) is 3.45. The lowest BCUT2D eigenvalue weighted by molar-refractivity contribution is 0.102. The first-order valence-electron chi connectivity index (χ1n) is 6.08. The van der Waals surface area contributed by atoms with E-state index >= 15 is 0 Å². The molecule has 2 heterocycles. The molecule has 0 aliphatic carbocycles. The van der Waals surface area contributed by atoms with E-state index in [1.54, 1.807) is 37.3 Å². The summed E-state index contributed by atoms with van der Waals surface area (Å²) in [6.07, 6.45) is 1.20. The number of rotatable bonds is 3. The minimum atomic E-state index is -0.452. The fourth-order valence-corrected chi connectivity index (χ4v) is 2.07. The summed E-state index contributed by atoms with van der Waals surface area (Å²) in [5.74, 6) is 0.757. The number of carbonyl (C=O) groups is 1. The molecule has 0 radical (unpaired) electrons. The van der Waals surface area contributed by atoms with Gasteiger partial charge in [-0.05, 0) is 19.1 Å². The number of aryl methyl sites for hydroxylation is 1. The van der Waals surface area contributed by atoms with E-state index in [9.17, 15) is 4.79 Å². The third-order valence-corrected chi connectivity index (χ3v) is 3.10. The van der Waals surface area contributed by atoms with Gasteiger partial charge in [0.1, 0.15) is 5.76 Å². The van der Waals surface area contributed by atoms with Crippen molar-refractivity contribution in [3.63, 3.8) is 0 Å². The molecule has 0 atom stereocenters. The Balaban J connectivity index is 1.92. The number of nitrogens with zero attached hydrogens (tertiary/aromatic N) is 2. The third-order valence-electron chi connectivity index (χ3n) is 2.77. The zero-order valence-corrected chi connectivity index (χ0v) is 11.7. The summed E-state index contributed by atoms with van der Waals surface area (Å²) in [7, 11) is 0. The second-order valence-corrected chi connectivity index (χ2v) is 4.69. The predicted molar refractivity (Wildman–Crippen MR) is 76.1 cm³/mol. The minimum Gasteiger partial charge on any atom is -0.443 e. The molecule has 21 heavy (non-hydrogen) atoms. The highest BCUT2D eigenvalue weighted by Gasteiger charge is 2.20. The molecule has 0 saturated carbocycles. The monoisotopic (exact) mass is 303 g/mol. The van der Waals surface area contributed by atoms with Crippen LogP contribution in [0, 0.1) is 6.92 Å². The van der Waals surface area contributed by atoms with E-state index in [0.717, 1.165) is 0 Å². The molecule has 0 aliphatic heterocycles. The number of hydrogen-bond acceptors (Lipinski definition) is 5. The summed E-state index contributed by atoms with van der Waals surface area (Å²) in [4.78, 5) is 16.2. The Hall–Kier alpha value is -2.60. The van der Waals surface area contributed by atoms with Crippen LogP contribution in [0.5, 0.6) is 0 Å². The average Bonchev–Trinajstić information content (AvgIpc) is 3.08. The summed E-state index contributed by atoms with van der Waals surface area (Å²) in [5, 5.41) is 6.75. The first-order chi connectivity index (χ1) is 10.1. The summed E-state index contributed by atoms with van der Waals surface area (Å²) in [5.41, 5.74) is 0.724. The van der Waals surface area contributed by atoms with Gasteiger partial charge in [-0.3, -0.25) is 4.79 Å². The SMILES string of the molecule is Cc1cc(NC(=O)c2ncoc2-c2ccccc2Cl)no1. The van der Waals surface area contributed by atoms with E-state index in [1.165, 1.54) is 6.39 Å². The predicted octanol–water partition coefficient (Wildman–Crippen LogP) is 3.54. The number of benzene rings is 1. The number of halogens is 1. The smallest absolute Gasteiger partial charge is 0.279 e. The topological polar surface area (TPSA) is 81.2 Å². The Morgan fingerprint density at radius 3 is 2.86 bits per heavy atom. The van der Waals surface area contributed by atoms with Crippen LogP contribution in [0.3, 0.4) is 0 Å². The number of anilines is 1. The molecule has 0 saturated heterocycles. The fourth-order valence-electron chi connectivity index (χ4n) is 1.85. The first-order valence-corrected chi connectivity index (χ1v) is 6.46. The molecular formula is C14H10ClN3O3. The molecule has 3 rings (SSSR count). The Morgan fingerprint density at radius 2 is 2.14 bits per heavy atom. The van der Waals surface area contributed by atoms with Gasteiger partial charge in [0.25, 0.3) is 5.91 Å². The van der Waals surface area contributed by atoms with Gasteiger partial charge in [0.15, 0.2) is 23.7 Å². The molecule has 7 heteroatoms. The number of oxazole rings is 1. The number of hydrogen-bond donors (Lipinski definition) is 1. The zero-order valence-electron chi connectivity index (χ0n) is 11.0. The van der Waals surface area contributed by atoms with Crippen molar-refractivity contribution in [1.82, 2.24) is 10.1 Å². The van der Waals surface area contributed by atoms with E-state index in [4.69, 9.17) is 20.5 Å². The van der Waals surface area contributed by atoms with Crippen molar-refractivity contribution >= 4 is 23.3 Å². The van der Waals surface area contributed by atoms with Gasteiger partial charge in [-0.25, -0.2) is 4.98 Å². The van der Waals surface area contributed by atoms with Crippen molar-refractivity contribution < 1.29 is 13.7 Å². The molecule has 0 aliphatic rings. The zero-order chi connectivity index (χ0) is 14.8. The van der Waals surface area contributed by atoms with Crippen molar-refractivity contribution in [2.75, 3.05) is 5.32 Å². The molecule has 2 aromatic heterocycles. The maximum absolute atomic E-state index is 12.2. The van der Waals surface area contributed by atoms with Gasteiger partial charge in [0.05, 0.1) is 5.02 Å². The number of nitrogens with one attached hydrogen (secondary N) is 1. The van der Waals surface area contributed by atoms with Crippen LogP contribution in [-0.4, -0.2) is 16.0 Å². The second-order valence-electron chi connectivity index (χ2n) is 4.29. The van der Waals surface area contributed by atoms with Crippen LogP contribution < -0.4 is 5.32 Å². The molecule has 0 unspecified atom stereocenters. The lowest BCUT2D eigenvalue weighted by Gasteiger charge is -2.03. The molecule has 1 N–H and O–H groups in total. The second kappa shape index (κ2) is 5.41. The summed E-state index contributed by atoms with van der Waals surface area (Å²) in [6, 6.07) is 8.65. The molecule has 1 aromatic carbocycles. The van der Waals surface area contributed by atoms with Gasteiger partial charge in [0.2, 0.25) is 0 Å². The van der Waals surface area contributed by atoms with Crippen LogP contribution in [0.1, 0.15) is 16.2 Å². The van der Waals surface area contributed by atoms with E-state index in [0.29, 0.717) is 27.9 Å². The van der Waals surface area contributed by atoms with Crippen LogP contribution in [0.2, 0.25) is 5.02 Å². The molecule has 6 nitrogen and oxygen atoms in total. The molecule has 0 bridgehead atoms. The van der Waals surface area contributed by atoms with Crippen LogP contribution in [0.4, 0.5) is 5.82 Å². The lowest BCUT2D eigenvalue weighted by Crippen LogP contribution is -2.13. The number of carbonyl (C=O) groups excluding carboxylic acids is 1. The van der Waals surface area contributed by atoms with Gasteiger partial charge in [0, 0.05) is 11.6 Å². The van der Waals surface area contributed by atoms with Crippen LogP contribution in [0.25, 0.3) is 11.3 Å². The molecule has 3 aromatic rings. The summed E-state index contributed by atoms with van der Waals surface area (Å²) in [6.45, 7) is 1.73. The van der Waals surface area contributed by atoms with Crippen molar-refractivity contribution in [2.45, 2.75) is 6.92 Å². The fraction of sp³-hybridized carbons (Fsp3) is 0.0714. The number of aromatic nitrogens is 2. The van der Waals surface area contributed by atoms with Crippen molar-refractivity contribution in [3.8, 4) is 11.3 Å². The van der Waals surface area contributed by atoms with Gasteiger partial charge >= 0.3 is 0 Å². The van der Waals surface area contributed by atoms with Crippen molar-refractivity contribution in [3.05, 3.63) is 53.2 Å². The van der Waals surface area contributed by atoms with Gasteiger partial charge in [-0.1, -0.05) is 28.9 Å². The van der Waals surface area contributed by atoms with Gasteiger partial charge in [-0.15, -0.1) is 0 Å². The Morgan fingerprint density at radius 1 is 1.33 bits per heavy atom. The van der Waals surface area contributed by atoms with Crippen molar-refractivity contribution in [2.24, 2.45) is 0 Å². The summed E-state index contributed by atoms with van der Waals surface area (Å²) >= 11 is 6.11. The number of amides is 1. The van der Waals surface area contributed by atoms with Gasteiger partial charge in [-0.2, -0.15) is 0 Å². The maximum Gasteiger partial charge on any atom is 0.279 e. The lowest BCUT2D eigenvalue weighted by atomic mass is 10.1. The van der Waals surface area contributed by atoms with Crippen LogP contribution in [-0.2, 0) is 0 Å². The highest BCUT2D eigenvalue weighted by atomic mass is 35.5. The van der Waals surface area contributed by atoms with Crippen LogP contribution in [0.15, 0.2) is 45.7 Å². The molecule has 1 amide bonds. The Bertz CT molecular complexity index is 794. The molecular weight excluding hydrogens is 294 g/mol. The van der Waals surface area contributed by atoms with E-state index < -0.39 is 5.91 Å².